The fourth-order valence-electron chi connectivity index (χ4n) is 11.1. The molecule has 0 saturated carbocycles. The Kier molecular flexibility index (Phi) is 25.6. The van der Waals surface area contributed by atoms with E-state index in [0.29, 0.717) is 23.0 Å². The highest BCUT2D eigenvalue weighted by Crippen LogP contribution is 2.61. The fraction of sp³-hybridized carbons (Fsp3) is 0.222. The number of hydrogen-bond acceptors (Lipinski definition) is 28. The molecule has 8 aromatic rings. The van der Waals surface area contributed by atoms with E-state index in [1.807, 2.05) is 24.3 Å². The molecule has 0 amide bonds. The molecule has 12 nitrogen and oxygen atoms in total. The van der Waals surface area contributed by atoms with E-state index in [1.54, 1.807) is 237 Å². The standard InChI is InChI=1S/C72H60O12S16/c1-85-65-66(86-2)94-61(93-65)53-45-21-17-42-34-50(45)54(62-95-67(87-3)68(88-4)96-62)46-22-18-41(33-49(46)53)77-25-29-81-57(73)37-9-11-39(12-10-37)59(75)83-31-27-79-43-19-23-47-51(35-43)55(63-97-69(89-5)70(90-6)98-63)48-24-20-44(36-52(48)56(47)64-99-71(91-7)72(92-8)100-64)80-28-32-84-60(76)40-15-13-38(14-16-40)58(74)82-30-26-78-42/h9-24,33-36H,25-32H2,1-8H3. The van der Waals surface area contributed by atoms with Crippen LogP contribution in [0.1, 0.15) is 41.4 Å². The zero-order chi connectivity index (χ0) is 69.6. The Morgan fingerprint density at radius 3 is 0.570 bits per heavy atom. The van der Waals surface area contributed by atoms with E-state index in [4.69, 9.17) is 37.9 Å². The quantitative estimate of drug-likeness (QED) is 0.0808. The number of rotatable bonds is 8. The van der Waals surface area contributed by atoms with Crippen molar-refractivity contribution in [1.29, 1.82) is 0 Å². The average molecular weight is 1630 g/mol. The second-order valence-electron chi connectivity index (χ2n) is 21.3. The third-order valence-corrected chi connectivity index (χ3v) is 36.5. The molecule has 0 aromatic heterocycles. The summed E-state index contributed by atoms with van der Waals surface area (Å²) in [6, 6.07) is 37.1. The number of benzene rings is 8. The molecule has 18 aliphatic rings. The lowest BCUT2D eigenvalue weighted by Crippen LogP contribution is -2.18. The van der Waals surface area contributed by atoms with Gasteiger partial charge in [0.25, 0.3) is 0 Å². The van der Waals surface area contributed by atoms with Gasteiger partial charge in [-0.2, -0.15) is 0 Å². The summed E-state index contributed by atoms with van der Waals surface area (Å²) in [6.07, 6.45) is 16.9. The minimum Gasteiger partial charge on any atom is -0.490 e. The van der Waals surface area contributed by atoms with E-state index in [2.05, 4.69) is 98.6 Å². The maximum atomic E-state index is 13.5. The molecule has 28 heteroatoms. The van der Waals surface area contributed by atoms with E-state index < -0.39 is 23.9 Å². The van der Waals surface area contributed by atoms with E-state index in [0.717, 1.165) is 80.9 Å². The Hall–Kier alpha value is -4.08. The second kappa shape index (κ2) is 34.4. The molecule has 18 aliphatic heterocycles. The van der Waals surface area contributed by atoms with Gasteiger partial charge in [-0.25, -0.2) is 19.2 Å². The minimum atomic E-state index is -0.554. The maximum Gasteiger partial charge on any atom is 0.338 e. The summed E-state index contributed by atoms with van der Waals surface area (Å²) in [5.41, 5.74) is 1.11. The van der Waals surface area contributed by atoms with Gasteiger partial charge < -0.3 is 37.9 Å². The minimum absolute atomic E-state index is 0.0251. The summed E-state index contributed by atoms with van der Waals surface area (Å²) in [6.45, 7) is 0.249. The second-order valence-corrected chi connectivity index (χ2v) is 39.1. The molecule has 0 fully saturated rings. The summed E-state index contributed by atoms with van der Waals surface area (Å²) in [7, 11) is 0. The van der Waals surface area contributed by atoms with Crippen LogP contribution in [0, 0.1) is 0 Å². The molecule has 0 radical (unpaired) electrons. The third kappa shape index (κ3) is 16.2. The van der Waals surface area contributed by atoms with Gasteiger partial charge in [-0.1, -0.05) is 94.1 Å². The largest absolute Gasteiger partial charge is 0.490 e. The van der Waals surface area contributed by atoms with Crippen LogP contribution >= 0.6 is 188 Å². The molecule has 516 valence electrons. The summed E-state index contributed by atoms with van der Waals surface area (Å²) in [5, 5.41) is 12.5. The SMILES string of the molecule is CSC1=C(SC)SC(=c2c3ccc4cc3c(=C3SC(SC)=C(SC)S3)c3ccc(cc23)OCCOC(=O)c2ccc(cc2)C(=O)OCCOc2ccc3c(=C5SC(SC)=C(SC)S5)c5cc(ccc5c(=C5SC(SC)=C(SC)S5)c3c2)OCCOC(=O)c2ccc(cc2)C(=O)OCCO4)S1. The Balaban J connectivity index is 0.812. The zero-order valence-corrected chi connectivity index (χ0v) is 67.7. The maximum absolute atomic E-state index is 13.5. The van der Waals surface area contributed by atoms with Gasteiger partial charge in [0, 0.05) is 20.9 Å². The van der Waals surface area contributed by atoms with Gasteiger partial charge in [0.05, 0.1) is 73.1 Å². The van der Waals surface area contributed by atoms with Crippen molar-refractivity contribution in [3.05, 3.63) is 198 Å². The van der Waals surface area contributed by atoms with Gasteiger partial charge in [-0.15, -0.1) is 94.1 Å². The number of ether oxygens (including phenoxy) is 8. The molecule has 0 N–H and O–H groups in total. The van der Waals surface area contributed by atoms with Crippen molar-refractivity contribution in [2.75, 3.05) is 103 Å². The lowest BCUT2D eigenvalue weighted by Gasteiger charge is -2.15. The van der Waals surface area contributed by atoms with E-state index >= 15 is 0 Å². The first-order chi connectivity index (χ1) is 48.8. The summed E-state index contributed by atoms with van der Waals surface area (Å²) >= 11 is 28.1. The van der Waals surface area contributed by atoms with Crippen molar-refractivity contribution in [1.82, 2.24) is 0 Å². The van der Waals surface area contributed by atoms with Crippen molar-refractivity contribution >= 4 is 272 Å². The molecule has 0 unspecified atom stereocenters. The summed E-state index contributed by atoms with van der Waals surface area (Å²) in [5.74, 6) is 0.245. The first-order valence-corrected chi connectivity index (χ1v) is 46.8. The molecule has 0 spiro atoms. The number of carbonyl (C=O) groups excluding carboxylic acids is 4. The molecule has 18 heterocycles. The van der Waals surface area contributed by atoms with E-state index in [1.165, 1.54) is 33.9 Å². The number of thioether (sulfide) groups is 16. The van der Waals surface area contributed by atoms with Gasteiger partial charge in [0.2, 0.25) is 0 Å². The van der Waals surface area contributed by atoms with Crippen LogP contribution in [0.4, 0.5) is 0 Å². The highest BCUT2D eigenvalue weighted by molar-refractivity contribution is 8.47. The lowest BCUT2D eigenvalue weighted by atomic mass is 9.98. The highest BCUT2D eigenvalue weighted by Gasteiger charge is 2.30. The van der Waals surface area contributed by atoms with Crippen LogP contribution in [0.5, 0.6) is 23.0 Å². The van der Waals surface area contributed by atoms with Gasteiger partial charge in [-0.05, 0) is 214 Å². The molecule has 16 bridgehead atoms. The number of carbonyl (C=O) groups is 4. The van der Waals surface area contributed by atoms with Crippen molar-refractivity contribution < 1.29 is 57.1 Å². The van der Waals surface area contributed by atoms with Crippen molar-refractivity contribution in [3.63, 3.8) is 0 Å². The zero-order valence-electron chi connectivity index (χ0n) is 54.6. The molecule has 100 heavy (non-hydrogen) atoms. The van der Waals surface area contributed by atoms with Crippen LogP contribution in [0.2, 0.25) is 0 Å². The number of hydrogen-bond donors (Lipinski definition) is 0. The van der Waals surface area contributed by atoms with Crippen LogP contribution in [0.3, 0.4) is 0 Å². The molecule has 8 aromatic carbocycles. The normalized spacial score (nSPS) is 17.4. The van der Waals surface area contributed by atoms with Crippen molar-refractivity contribution in [2.24, 2.45) is 0 Å². The molecule has 0 aliphatic carbocycles. The van der Waals surface area contributed by atoms with Gasteiger partial charge >= 0.3 is 23.9 Å². The molecule has 0 atom stereocenters. The summed E-state index contributed by atoms with van der Waals surface area (Å²) in [4.78, 5) is 54.0. The highest BCUT2D eigenvalue weighted by atomic mass is 32.3. The monoisotopic (exact) mass is 1630 g/mol. The van der Waals surface area contributed by atoms with Crippen molar-refractivity contribution in [2.45, 2.75) is 0 Å². The van der Waals surface area contributed by atoms with Gasteiger partial charge in [0.1, 0.15) is 75.9 Å². The van der Waals surface area contributed by atoms with E-state index in [-0.39, 0.29) is 75.1 Å². The Labute approximate surface area is 646 Å². The van der Waals surface area contributed by atoms with Crippen LogP contribution in [0.25, 0.3) is 60.0 Å². The Bertz CT molecular complexity index is 4360. The predicted octanol–water partition coefficient (Wildman–Crippen LogP) is 19.1. The molecular weight excluding hydrogens is 1570 g/mol. The molecule has 0 saturated heterocycles. The van der Waals surface area contributed by atoms with Gasteiger partial charge in [0.15, 0.2) is 0 Å². The first kappa shape index (κ1) is 74.2. The Morgan fingerprint density at radius 2 is 0.400 bits per heavy atom. The third-order valence-electron chi connectivity index (χ3n) is 15.6. The first-order valence-electron chi connectivity index (χ1n) is 30.5. The predicted molar refractivity (Wildman–Crippen MR) is 448 cm³/mol. The number of esters is 4. The molecule has 26 rings (SSSR count). The molecular formula is C72H60O12S16. The van der Waals surface area contributed by atoms with Gasteiger partial charge in [-0.3, -0.25) is 0 Å². The smallest absolute Gasteiger partial charge is 0.338 e. The van der Waals surface area contributed by atoms with Crippen LogP contribution in [-0.2, 0) is 18.9 Å². The average Bonchev–Trinajstić information content (AvgIpc) is 1.23. The van der Waals surface area contributed by atoms with Crippen LogP contribution < -0.4 is 39.8 Å². The topological polar surface area (TPSA) is 142 Å². The summed E-state index contributed by atoms with van der Waals surface area (Å²) < 4.78 is 63.2. The van der Waals surface area contributed by atoms with Crippen LogP contribution in [0.15, 0.2) is 155 Å². The van der Waals surface area contributed by atoms with E-state index in [9.17, 15) is 19.2 Å². The van der Waals surface area contributed by atoms with Crippen LogP contribution in [-0.4, -0.2) is 127 Å². The Morgan fingerprint density at radius 1 is 0.230 bits per heavy atom. The van der Waals surface area contributed by atoms with Crippen molar-refractivity contribution in [3.8, 4) is 23.0 Å². The fourth-order valence-corrected chi connectivity index (χ4v) is 31.6. The lowest BCUT2D eigenvalue weighted by molar-refractivity contribution is 0.0437.